The van der Waals surface area contributed by atoms with Crippen LogP contribution in [0.1, 0.15) is 44.4 Å². The number of fused-ring (bicyclic) bond motifs is 1. The number of hydrogen-bond donors (Lipinski definition) is 2. The maximum atomic E-state index is 13.9. The van der Waals surface area contributed by atoms with Gasteiger partial charge in [0.1, 0.15) is 12.4 Å². The van der Waals surface area contributed by atoms with Crippen molar-refractivity contribution in [1.82, 2.24) is 10.5 Å². The first kappa shape index (κ1) is 28.3. The summed E-state index contributed by atoms with van der Waals surface area (Å²) in [5, 5.41) is 10.1. The fraction of sp³-hybridized carbons (Fsp3) is 0.393. The van der Waals surface area contributed by atoms with Crippen LogP contribution in [0.3, 0.4) is 0 Å². The monoisotopic (exact) mass is 545 g/mol. The molecule has 0 bridgehead atoms. The molecular weight excluding hydrogens is 515 g/mol. The number of aryl methyl sites for hydroxylation is 1. The highest BCUT2D eigenvalue weighted by Gasteiger charge is 2.54. The molecule has 4 rings (SSSR count). The number of ether oxygens (including phenoxy) is 2. The van der Waals surface area contributed by atoms with E-state index in [1.165, 1.54) is 29.7 Å². The number of nitrogens with one attached hydrogen (secondary N) is 1. The minimum Gasteiger partial charge on any atom is -0.489 e. The van der Waals surface area contributed by atoms with E-state index in [0.717, 1.165) is 22.2 Å². The first-order chi connectivity index (χ1) is 18.4. The van der Waals surface area contributed by atoms with Crippen molar-refractivity contribution in [2.75, 3.05) is 4.90 Å². The Morgan fingerprint density at radius 3 is 2.38 bits per heavy atom. The van der Waals surface area contributed by atoms with E-state index in [1.54, 1.807) is 13.8 Å². The molecule has 8 nitrogen and oxygen atoms in total. The van der Waals surface area contributed by atoms with Crippen LogP contribution < -0.4 is 15.1 Å². The van der Waals surface area contributed by atoms with Crippen LogP contribution in [0, 0.1) is 6.92 Å². The van der Waals surface area contributed by atoms with Crippen LogP contribution >= 0.6 is 0 Å². The normalized spacial score (nSPS) is 21.4. The number of amides is 2. The molecule has 2 unspecified atom stereocenters. The zero-order chi connectivity index (χ0) is 28.4. The summed E-state index contributed by atoms with van der Waals surface area (Å²) in [6.45, 7) is 5.40. The van der Waals surface area contributed by atoms with Gasteiger partial charge < -0.3 is 9.47 Å². The van der Waals surface area contributed by atoms with Crippen molar-refractivity contribution >= 4 is 28.4 Å². The molecule has 1 aliphatic rings. The van der Waals surface area contributed by atoms with Crippen LogP contribution in [0.4, 0.5) is 18.9 Å². The smallest absolute Gasteiger partial charge is 0.471 e. The number of rotatable bonds is 7. The molecule has 3 aromatic rings. The number of carbonyl (C=O) groups excluding carboxylic acids is 2. The Bertz CT molecular complexity index is 1340. The van der Waals surface area contributed by atoms with Gasteiger partial charge in [-0.1, -0.05) is 18.2 Å². The van der Waals surface area contributed by atoms with Crippen LogP contribution in [-0.2, 0) is 20.9 Å². The summed E-state index contributed by atoms with van der Waals surface area (Å²) in [4.78, 5) is 30.2. The van der Waals surface area contributed by atoms with Gasteiger partial charge in [-0.3, -0.25) is 24.7 Å². The Labute approximate surface area is 223 Å². The summed E-state index contributed by atoms with van der Waals surface area (Å²) in [6.07, 6.45) is -6.91. The summed E-state index contributed by atoms with van der Waals surface area (Å²) >= 11 is 0. The van der Waals surface area contributed by atoms with E-state index in [9.17, 15) is 22.8 Å². The number of carbonyl (C=O) groups is 2. The molecule has 0 saturated carbocycles. The van der Waals surface area contributed by atoms with E-state index in [4.69, 9.17) is 14.7 Å². The molecule has 1 fully saturated rings. The molecule has 0 radical (unpaired) electrons. The molecule has 0 spiro atoms. The maximum absolute atomic E-state index is 13.9. The van der Waals surface area contributed by atoms with Crippen molar-refractivity contribution in [3.8, 4) is 5.75 Å². The number of pyridine rings is 1. The van der Waals surface area contributed by atoms with E-state index >= 15 is 0 Å². The second-order valence-electron chi connectivity index (χ2n) is 9.96. The number of aromatic nitrogens is 1. The van der Waals surface area contributed by atoms with Gasteiger partial charge in [-0.05, 0) is 70.0 Å². The minimum absolute atomic E-state index is 0.0424. The molecular formula is C28H30F3N3O5. The van der Waals surface area contributed by atoms with Gasteiger partial charge in [0.05, 0.1) is 29.7 Å². The second-order valence-corrected chi connectivity index (χ2v) is 9.96. The van der Waals surface area contributed by atoms with E-state index in [0.29, 0.717) is 10.6 Å². The van der Waals surface area contributed by atoms with E-state index in [-0.39, 0.29) is 25.1 Å². The number of anilines is 1. The van der Waals surface area contributed by atoms with Crippen LogP contribution in [0.15, 0.2) is 54.6 Å². The average Bonchev–Trinajstić information content (AvgIpc) is 2.86. The van der Waals surface area contributed by atoms with Gasteiger partial charge in [0.2, 0.25) is 5.91 Å². The zero-order valence-electron chi connectivity index (χ0n) is 21.8. The third kappa shape index (κ3) is 6.31. The van der Waals surface area contributed by atoms with Gasteiger partial charge in [-0.25, -0.2) is 5.48 Å². The molecule has 1 aliphatic heterocycles. The predicted molar refractivity (Wildman–Crippen MR) is 137 cm³/mol. The lowest BCUT2D eigenvalue weighted by Gasteiger charge is -2.49. The number of halogens is 3. The number of nitrogens with zero attached hydrogens (tertiary/aromatic N) is 2. The number of alkyl halides is 3. The maximum Gasteiger partial charge on any atom is 0.471 e. The highest BCUT2D eigenvalue weighted by Crippen LogP contribution is 2.42. The molecule has 11 heteroatoms. The molecule has 2 amide bonds. The lowest BCUT2D eigenvalue weighted by molar-refractivity contribution is -0.174. The topological polar surface area (TPSA) is 101 Å². The second kappa shape index (κ2) is 11.2. The first-order valence-electron chi connectivity index (χ1n) is 12.5. The van der Waals surface area contributed by atoms with Crippen molar-refractivity contribution in [2.45, 2.75) is 70.6 Å². The van der Waals surface area contributed by atoms with E-state index < -0.39 is 42.2 Å². The standard InChI is InChI=1S/C28H30F3N3O5/c1-17-12-20(23-6-4-5-7-24(23)32-17)16-38-22-10-8-21(9-11-22)34(26(36)28(29,30)31)27(15-25(35)33-37)13-18(2)39-19(3)14-27/h4-12,18-19,37H,13-16H2,1-3H3,(H,33,35). The summed E-state index contributed by atoms with van der Waals surface area (Å²) < 4.78 is 53.2. The summed E-state index contributed by atoms with van der Waals surface area (Å²) in [5.74, 6) is -2.63. The van der Waals surface area contributed by atoms with Gasteiger partial charge in [-0.2, -0.15) is 13.2 Å². The van der Waals surface area contributed by atoms with Crippen LogP contribution in [0.5, 0.6) is 5.75 Å². The van der Waals surface area contributed by atoms with Crippen molar-refractivity contribution < 1.29 is 37.4 Å². The quantitative estimate of drug-likeness (QED) is 0.311. The summed E-state index contributed by atoms with van der Waals surface area (Å²) in [6, 6.07) is 15.2. The van der Waals surface area contributed by atoms with Crippen LogP contribution in [0.2, 0.25) is 0 Å². The fourth-order valence-electron chi connectivity index (χ4n) is 5.49. The molecule has 0 aliphatic carbocycles. The molecule has 2 atom stereocenters. The number of hydroxylamine groups is 1. The Morgan fingerprint density at radius 1 is 1.13 bits per heavy atom. The predicted octanol–water partition coefficient (Wildman–Crippen LogP) is 5.24. The van der Waals surface area contributed by atoms with Gasteiger partial charge in [0.15, 0.2) is 0 Å². The summed E-state index contributed by atoms with van der Waals surface area (Å²) in [7, 11) is 0. The average molecular weight is 546 g/mol. The Kier molecular flexibility index (Phi) is 8.12. The third-order valence-corrected chi connectivity index (χ3v) is 6.75. The van der Waals surface area contributed by atoms with Crippen molar-refractivity contribution in [1.29, 1.82) is 0 Å². The molecule has 2 aromatic carbocycles. The largest absolute Gasteiger partial charge is 0.489 e. The van der Waals surface area contributed by atoms with Crippen LogP contribution in [0.25, 0.3) is 10.9 Å². The number of hydrogen-bond acceptors (Lipinski definition) is 6. The molecule has 1 aromatic heterocycles. The van der Waals surface area contributed by atoms with Gasteiger partial charge in [-0.15, -0.1) is 0 Å². The molecule has 2 heterocycles. The first-order valence-corrected chi connectivity index (χ1v) is 12.5. The lowest BCUT2D eigenvalue weighted by atomic mass is 9.79. The third-order valence-electron chi connectivity index (χ3n) is 6.75. The molecule has 39 heavy (non-hydrogen) atoms. The Morgan fingerprint density at radius 2 is 1.77 bits per heavy atom. The Hall–Kier alpha value is -3.70. The van der Waals surface area contributed by atoms with E-state index in [2.05, 4.69) is 4.98 Å². The molecule has 2 N–H and O–H groups in total. The molecule has 208 valence electrons. The Balaban J connectivity index is 1.67. The van der Waals surface area contributed by atoms with Crippen molar-refractivity contribution in [3.63, 3.8) is 0 Å². The van der Waals surface area contributed by atoms with Gasteiger partial charge in [0, 0.05) is 22.3 Å². The fourth-order valence-corrected chi connectivity index (χ4v) is 5.49. The zero-order valence-corrected chi connectivity index (χ0v) is 21.8. The van der Waals surface area contributed by atoms with Gasteiger partial charge >= 0.3 is 12.1 Å². The van der Waals surface area contributed by atoms with E-state index in [1.807, 2.05) is 37.3 Å². The highest BCUT2D eigenvalue weighted by molar-refractivity contribution is 5.99. The van der Waals surface area contributed by atoms with Crippen LogP contribution in [-0.4, -0.2) is 45.9 Å². The highest BCUT2D eigenvalue weighted by atomic mass is 19.4. The summed E-state index contributed by atoms with van der Waals surface area (Å²) in [5.41, 5.74) is 2.38. The molecule has 1 saturated heterocycles. The lowest BCUT2D eigenvalue weighted by Crippen LogP contribution is -2.62. The number of para-hydroxylation sites is 1. The van der Waals surface area contributed by atoms with Gasteiger partial charge in [0.25, 0.3) is 0 Å². The van der Waals surface area contributed by atoms with Crippen molar-refractivity contribution in [2.24, 2.45) is 0 Å². The number of benzene rings is 2. The SMILES string of the molecule is Cc1cc(COc2ccc(N(C(=O)C(F)(F)F)C3(CC(=O)NO)CC(C)OC(C)C3)cc2)c2ccccc2n1. The van der Waals surface area contributed by atoms with Crippen molar-refractivity contribution in [3.05, 3.63) is 65.9 Å². The minimum atomic E-state index is -5.21.